The Bertz CT molecular complexity index is 776. The Morgan fingerprint density at radius 3 is 2.83 bits per heavy atom. The molecule has 9 heteroatoms. The molecular weight excluding hydrogens is 351 g/mol. The summed E-state index contributed by atoms with van der Waals surface area (Å²) in [6, 6.07) is 2.16. The number of nitrogens with zero attached hydrogens (tertiary/aromatic N) is 5. The van der Waals surface area contributed by atoms with Crippen molar-refractivity contribution >= 4 is 24.8 Å². The van der Waals surface area contributed by atoms with Crippen molar-refractivity contribution in [2.75, 3.05) is 6.54 Å². The van der Waals surface area contributed by atoms with Crippen LogP contribution >= 0.6 is 24.8 Å². The molecule has 2 aromatic heterocycles. The van der Waals surface area contributed by atoms with E-state index in [1.807, 2.05) is 6.92 Å². The van der Waals surface area contributed by atoms with Crippen LogP contribution in [0.3, 0.4) is 0 Å². The molecule has 0 aromatic carbocycles. The summed E-state index contributed by atoms with van der Waals surface area (Å²) < 4.78 is 3.71. The second-order valence-electron chi connectivity index (χ2n) is 6.12. The summed E-state index contributed by atoms with van der Waals surface area (Å²) in [4.78, 5) is 19.1. The summed E-state index contributed by atoms with van der Waals surface area (Å²) in [6.07, 6.45) is 0. The molecule has 0 fully saturated rings. The van der Waals surface area contributed by atoms with E-state index in [1.165, 1.54) is 5.69 Å². The molecule has 4 rings (SSSR count). The Kier molecular flexibility index (Phi) is 5.70. The number of aromatic nitrogens is 4. The lowest BCUT2D eigenvalue weighted by Crippen LogP contribution is -2.28. The van der Waals surface area contributed by atoms with Gasteiger partial charge in [-0.15, -0.1) is 24.8 Å². The average Bonchev–Trinajstić information content (AvgIpc) is 3.08. The van der Waals surface area contributed by atoms with Gasteiger partial charge in [0.1, 0.15) is 5.82 Å². The van der Waals surface area contributed by atoms with Gasteiger partial charge in [0, 0.05) is 39.8 Å². The van der Waals surface area contributed by atoms with Crippen LogP contribution in [0.4, 0.5) is 0 Å². The monoisotopic (exact) mass is 372 g/mol. The molecule has 0 radical (unpaired) electrons. The van der Waals surface area contributed by atoms with Crippen molar-refractivity contribution in [3.63, 3.8) is 0 Å². The third kappa shape index (κ3) is 3.21. The van der Waals surface area contributed by atoms with Gasteiger partial charge < -0.3 is 5.32 Å². The van der Waals surface area contributed by atoms with Gasteiger partial charge in [-0.1, -0.05) is 0 Å². The summed E-state index contributed by atoms with van der Waals surface area (Å²) in [5.74, 6) is 0.772. The zero-order valence-corrected chi connectivity index (χ0v) is 15.4. The largest absolute Gasteiger partial charge is 0.309 e. The van der Waals surface area contributed by atoms with E-state index in [-0.39, 0.29) is 30.4 Å². The van der Waals surface area contributed by atoms with Crippen molar-refractivity contribution in [2.45, 2.75) is 39.6 Å². The highest BCUT2D eigenvalue weighted by atomic mass is 35.5. The zero-order valence-electron chi connectivity index (χ0n) is 13.8. The lowest BCUT2D eigenvalue weighted by molar-refractivity contribution is 0.269. The minimum atomic E-state index is 0. The number of aryl methyl sites for hydroxylation is 1. The predicted molar refractivity (Wildman–Crippen MR) is 95.6 cm³/mol. The molecule has 0 amide bonds. The van der Waals surface area contributed by atoms with Gasteiger partial charge in [-0.2, -0.15) is 5.10 Å². The van der Waals surface area contributed by atoms with Crippen LogP contribution < -0.4 is 10.9 Å². The highest BCUT2D eigenvalue weighted by molar-refractivity contribution is 5.85. The molecule has 7 nitrogen and oxygen atoms in total. The lowest BCUT2D eigenvalue weighted by Gasteiger charge is -2.13. The smallest absolute Gasteiger partial charge is 0.258 e. The highest BCUT2D eigenvalue weighted by Gasteiger charge is 2.25. The first-order chi connectivity index (χ1) is 10.6. The molecule has 0 saturated carbocycles. The zero-order chi connectivity index (χ0) is 15.3. The maximum absolute atomic E-state index is 12.3. The lowest BCUT2D eigenvalue weighted by atomic mass is 10.2. The number of rotatable bonds is 2. The quantitative estimate of drug-likeness (QED) is 0.842. The van der Waals surface area contributed by atoms with Crippen LogP contribution in [0.2, 0.25) is 0 Å². The molecule has 0 aliphatic carbocycles. The van der Waals surface area contributed by atoms with E-state index in [4.69, 9.17) is 0 Å². The van der Waals surface area contributed by atoms with Crippen LogP contribution in [0, 0.1) is 6.92 Å². The predicted octanol–water partition coefficient (Wildman–Crippen LogP) is 0.748. The van der Waals surface area contributed by atoms with Crippen molar-refractivity contribution in [1.29, 1.82) is 0 Å². The number of halogens is 2. The molecule has 0 saturated heterocycles. The topological polar surface area (TPSA) is 68.0 Å². The molecule has 0 unspecified atom stereocenters. The van der Waals surface area contributed by atoms with Gasteiger partial charge in [-0.05, 0) is 13.0 Å². The van der Waals surface area contributed by atoms with Gasteiger partial charge in [0.2, 0.25) is 0 Å². The standard InChI is InChI=1S/C15H20N6O.2ClH/c1-10-17-14-9-20(8-13(14)15(22)19(10)2)7-11-5-12-6-16-3-4-21(12)18-11;;/h5,16H,3-4,6-9H2,1-2H3;2*1H. The summed E-state index contributed by atoms with van der Waals surface area (Å²) in [5, 5.41) is 8.02. The Balaban J connectivity index is 0.00000104. The van der Waals surface area contributed by atoms with Gasteiger partial charge in [-0.3, -0.25) is 18.9 Å². The first-order valence-corrected chi connectivity index (χ1v) is 7.66. The summed E-state index contributed by atoms with van der Waals surface area (Å²) in [5.41, 5.74) is 4.14. The van der Waals surface area contributed by atoms with Crippen LogP contribution in [-0.2, 0) is 39.8 Å². The maximum Gasteiger partial charge on any atom is 0.258 e. The number of hydrogen-bond acceptors (Lipinski definition) is 5. The first kappa shape index (κ1) is 18.9. The Morgan fingerprint density at radius 2 is 2.08 bits per heavy atom. The second kappa shape index (κ2) is 7.23. The van der Waals surface area contributed by atoms with E-state index >= 15 is 0 Å². The van der Waals surface area contributed by atoms with Gasteiger partial charge in [0.15, 0.2) is 0 Å². The molecule has 132 valence electrons. The van der Waals surface area contributed by atoms with Gasteiger partial charge in [-0.25, -0.2) is 4.98 Å². The molecule has 4 heterocycles. The third-order valence-electron chi connectivity index (χ3n) is 4.55. The molecule has 24 heavy (non-hydrogen) atoms. The van der Waals surface area contributed by atoms with Crippen molar-refractivity contribution in [2.24, 2.45) is 7.05 Å². The number of nitrogens with one attached hydrogen (secondary N) is 1. The fourth-order valence-corrected chi connectivity index (χ4v) is 3.26. The number of fused-ring (bicyclic) bond motifs is 2. The minimum Gasteiger partial charge on any atom is -0.309 e. The van der Waals surface area contributed by atoms with E-state index in [9.17, 15) is 4.79 Å². The number of hydrogen-bond donors (Lipinski definition) is 1. The van der Waals surface area contributed by atoms with Crippen LogP contribution in [0.25, 0.3) is 0 Å². The average molecular weight is 373 g/mol. The second-order valence-corrected chi connectivity index (χ2v) is 6.12. The highest BCUT2D eigenvalue weighted by Crippen LogP contribution is 2.20. The van der Waals surface area contributed by atoms with Crippen molar-refractivity contribution in [1.82, 2.24) is 29.5 Å². The van der Waals surface area contributed by atoms with Crippen LogP contribution in [-0.4, -0.2) is 30.8 Å². The van der Waals surface area contributed by atoms with Crippen molar-refractivity contribution in [3.8, 4) is 0 Å². The van der Waals surface area contributed by atoms with E-state index < -0.39 is 0 Å². The van der Waals surface area contributed by atoms with E-state index in [2.05, 4.69) is 31.0 Å². The molecule has 0 atom stereocenters. The van der Waals surface area contributed by atoms with Crippen LogP contribution in [0.5, 0.6) is 0 Å². The van der Waals surface area contributed by atoms with Crippen LogP contribution in [0.1, 0.15) is 28.5 Å². The minimum absolute atomic E-state index is 0. The molecule has 2 aliphatic rings. The van der Waals surface area contributed by atoms with Gasteiger partial charge in [0.05, 0.1) is 29.2 Å². The van der Waals surface area contributed by atoms with Crippen LogP contribution in [0.15, 0.2) is 10.9 Å². The molecular formula is C15H22Cl2N6O. The van der Waals surface area contributed by atoms with Crippen molar-refractivity contribution < 1.29 is 0 Å². The fourth-order valence-electron chi connectivity index (χ4n) is 3.26. The molecule has 1 N–H and O–H groups in total. The maximum atomic E-state index is 12.3. The van der Waals surface area contributed by atoms with Crippen molar-refractivity contribution in [3.05, 3.63) is 44.9 Å². The van der Waals surface area contributed by atoms with E-state index in [0.717, 1.165) is 55.5 Å². The summed E-state index contributed by atoms with van der Waals surface area (Å²) in [7, 11) is 1.78. The summed E-state index contributed by atoms with van der Waals surface area (Å²) >= 11 is 0. The molecule has 2 aromatic rings. The van der Waals surface area contributed by atoms with Gasteiger partial charge >= 0.3 is 0 Å². The Morgan fingerprint density at radius 1 is 1.29 bits per heavy atom. The van der Waals surface area contributed by atoms with E-state index in [1.54, 1.807) is 11.6 Å². The normalized spacial score (nSPS) is 16.1. The Hall–Kier alpha value is -1.41. The van der Waals surface area contributed by atoms with Gasteiger partial charge in [0.25, 0.3) is 5.56 Å². The first-order valence-electron chi connectivity index (χ1n) is 7.66. The third-order valence-corrected chi connectivity index (χ3v) is 4.55. The van der Waals surface area contributed by atoms with E-state index in [0.29, 0.717) is 6.54 Å². The fraction of sp³-hybridized carbons (Fsp3) is 0.533. The SMILES string of the molecule is Cc1nc2c(c(=O)n1C)CN(Cc1cc3n(n1)CCNC3)C2.Cl.Cl. The molecule has 0 spiro atoms. The Labute approximate surface area is 152 Å². The molecule has 0 bridgehead atoms. The molecule has 2 aliphatic heterocycles. The summed E-state index contributed by atoms with van der Waals surface area (Å²) in [6.45, 7) is 6.82.